The minimum absolute atomic E-state index is 0.681. The van der Waals surface area contributed by atoms with Gasteiger partial charge < -0.3 is 14.3 Å². The van der Waals surface area contributed by atoms with Gasteiger partial charge in [0.1, 0.15) is 17.6 Å². The molecule has 0 aliphatic carbocycles. The molecule has 3 rings (SSSR count). The molecule has 3 heteroatoms. The van der Waals surface area contributed by atoms with Crippen molar-refractivity contribution in [3.63, 3.8) is 0 Å². The Morgan fingerprint density at radius 2 is 1.50 bits per heavy atom. The van der Waals surface area contributed by atoms with Crippen molar-refractivity contribution in [1.29, 1.82) is 0 Å². The Kier molecular flexibility index (Phi) is 3.52. The fraction of sp³-hybridized carbons (Fsp3) is 0.0588. The summed E-state index contributed by atoms with van der Waals surface area (Å²) in [7, 11) is 0. The van der Waals surface area contributed by atoms with Crippen LogP contribution in [-0.2, 0) is 0 Å². The Balaban J connectivity index is 1.75. The van der Waals surface area contributed by atoms with Crippen molar-refractivity contribution in [2.45, 2.75) is 6.10 Å². The minimum Gasteiger partial charge on any atom is -0.472 e. The smallest absolute Gasteiger partial charge is 0.127 e. The van der Waals surface area contributed by atoms with Gasteiger partial charge in [0.05, 0.1) is 12.5 Å². The van der Waals surface area contributed by atoms with Crippen LogP contribution >= 0.6 is 0 Å². The monoisotopic (exact) mass is 266 g/mol. The molecule has 1 heterocycles. The Hall–Kier alpha value is -2.52. The predicted molar refractivity (Wildman–Crippen MR) is 75.7 cm³/mol. The average molecular weight is 266 g/mol. The molecule has 1 unspecified atom stereocenters. The van der Waals surface area contributed by atoms with Crippen LogP contribution in [0.5, 0.6) is 11.5 Å². The average Bonchev–Trinajstić information content (AvgIpc) is 3.03. The van der Waals surface area contributed by atoms with Crippen LogP contribution in [0.3, 0.4) is 0 Å². The number of ether oxygens (including phenoxy) is 1. The van der Waals surface area contributed by atoms with E-state index in [1.165, 1.54) is 0 Å². The molecule has 0 bridgehead atoms. The molecule has 0 fully saturated rings. The van der Waals surface area contributed by atoms with Crippen LogP contribution in [0.4, 0.5) is 0 Å². The highest BCUT2D eigenvalue weighted by atomic mass is 16.5. The maximum Gasteiger partial charge on any atom is 0.127 e. The molecule has 1 N–H and O–H groups in total. The topological polar surface area (TPSA) is 42.6 Å². The van der Waals surface area contributed by atoms with Crippen LogP contribution in [0.25, 0.3) is 0 Å². The third-order valence-electron chi connectivity index (χ3n) is 3.03. The summed E-state index contributed by atoms with van der Waals surface area (Å²) in [6.45, 7) is 0. The van der Waals surface area contributed by atoms with Gasteiger partial charge in [0.25, 0.3) is 0 Å². The van der Waals surface area contributed by atoms with Crippen LogP contribution in [0.2, 0.25) is 0 Å². The number of para-hydroxylation sites is 1. The van der Waals surface area contributed by atoms with Gasteiger partial charge in [-0.2, -0.15) is 0 Å². The van der Waals surface area contributed by atoms with Crippen LogP contribution in [0.1, 0.15) is 17.2 Å². The van der Waals surface area contributed by atoms with Gasteiger partial charge in [0.2, 0.25) is 0 Å². The van der Waals surface area contributed by atoms with Gasteiger partial charge in [-0.3, -0.25) is 0 Å². The van der Waals surface area contributed by atoms with Gasteiger partial charge in [-0.15, -0.1) is 0 Å². The third kappa shape index (κ3) is 2.73. The predicted octanol–water partition coefficient (Wildman–Crippen LogP) is 4.15. The van der Waals surface area contributed by atoms with Crippen LogP contribution < -0.4 is 4.74 Å². The largest absolute Gasteiger partial charge is 0.472 e. The van der Waals surface area contributed by atoms with Crippen molar-refractivity contribution in [3.8, 4) is 11.5 Å². The summed E-state index contributed by atoms with van der Waals surface area (Å²) < 4.78 is 10.7. The van der Waals surface area contributed by atoms with E-state index in [1.54, 1.807) is 18.6 Å². The second-order valence-corrected chi connectivity index (χ2v) is 4.44. The molecule has 0 spiro atoms. The first-order valence-corrected chi connectivity index (χ1v) is 6.36. The van der Waals surface area contributed by atoms with E-state index < -0.39 is 6.10 Å². The Morgan fingerprint density at radius 1 is 0.800 bits per heavy atom. The maximum atomic E-state index is 10.2. The van der Waals surface area contributed by atoms with Crippen LogP contribution in [0, 0.1) is 0 Å². The lowest BCUT2D eigenvalue weighted by Gasteiger charge is -2.10. The van der Waals surface area contributed by atoms with Gasteiger partial charge in [-0.1, -0.05) is 30.3 Å². The van der Waals surface area contributed by atoms with Crippen molar-refractivity contribution < 1.29 is 14.3 Å². The lowest BCUT2D eigenvalue weighted by Crippen LogP contribution is -1.97. The van der Waals surface area contributed by atoms with E-state index in [1.807, 2.05) is 54.6 Å². The highest BCUT2D eigenvalue weighted by Gasteiger charge is 2.11. The van der Waals surface area contributed by atoms with Crippen molar-refractivity contribution >= 4 is 0 Å². The summed E-state index contributed by atoms with van der Waals surface area (Å²) in [5.74, 6) is 1.52. The van der Waals surface area contributed by atoms with Gasteiger partial charge in [0, 0.05) is 5.56 Å². The summed E-state index contributed by atoms with van der Waals surface area (Å²) in [6, 6.07) is 18.7. The molecular weight excluding hydrogens is 252 g/mol. The normalized spacial score (nSPS) is 12.1. The van der Waals surface area contributed by atoms with E-state index in [0.29, 0.717) is 0 Å². The lowest BCUT2D eigenvalue weighted by molar-refractivity contribution is 0.219. The third-order valence-corrected chi connectivity index (χ3v) is 3.03. The van der Waals surface area contributed by atoms with Crippen molar-refractivity contribution in [2.75, 3.05) is 0 Å². The standard InChI is InChI=1S/C17H14O3/c18-17(14-10-11-19-12-14)13-6-8-16(9-7-13)20-15-4-2-1-3-5-15/h1-12,17-18H. The molecule has 100 valence electrons. The number of hydrogen-bond acceptors (Lipinski definition) is 3. The van der Waals surface area contributed by atoms with E-state index in [9.17, 15) is 5.11 Å². The summed E-state index contributed by atoms with van der Waals surface area (Å²) >= 11 is 0. The molecule has 0 saturated heterocycles. The molecule has 0 aliphatic rings. The summed E-state index contributed by atoms with van der Waals surface area (Å²) in [5.41, 5.74) is 1.54. The number of rotatable bonds is 4. The SMILES string of the molecule is OC(c1ccc(Oc2ccccc2)cc1)c1ccoc1. The zero-order chi connectivity index (χ0) is 13.8. The number of aliphatic hydroxyl groups is 1. The molecule has 0 amide bonds. The van der Waals surface area contributed by atoms with Gasteiger partial charge in [0.15, 0.2) is 0 Å². The molecule has 0 aliphatic heterocycles. The summed E-state index contributed by atoms with van der Waals surface area (Å²) in [5, 5.41) is 10.2. The molecule has 3 aromatic rings. The number of furan rings is 1. The van der Waals surface area contributed by atoms with E-state index in [-0.39, 0.29) is 0 Å². The highest BCUT2D eigenvalue weighted by Crippen LogP contribution is 2.26. The second-order valence-electron chi connectivity index (χ2n) is 4.44. The first-order valence-electron chi connectivity index (χ1n) is 6.36. The Morgan fingerprint density at radius 3 is 2.15 bits per heavy atom. The van der Waals surface area contributed by atoms with Crippen LogP contribution in [0.15, 0.2) is 77.6 Å². The molecule has 3 nitrogen and oxygen atoms in total. The van der Waals surface area contributed by atoms with E-state index in [4.69, 9.17) is 9.15 Å². The molecule has 1 atom stereocenters. The molecule has 0 saturated carbocycles. The molecule has 0 radical (unpaired) electrons. The summed E-state index contributed by atoms with van der Waals surface area (Å²) in [4.78, 5) is 0. The van der Waals surface area contributed by atoms with Crippen LogP contribution in [-0.4, -0.2) is 5.11 Å². The number of hydrogen-bond donors (Lipinski definition) is 1. The Labute approximate surface area is 117 Å². The first kappa shape index (κ1) is 12.5. The van der Waals surface area contributed by atoms with Gasteiger partial charge >= 0.3 is 0 Å². The zero-order valence-electron chi connectivity index (χ0n) is 10.8. The van der Waals surface area contributed by atoms with Gasteiger partial charge in [-0.05, 0) is 35.9 Å². The van der Waals surface area contributed by atoms with Crippen molar-refractivity contribution in [1.82, 2.24) is 0 Å². The van der Waals surface area contributed by atoms with E-state index in [0.717, 1.165) is 22.6 Å². The number of benzene rings is 2. The lowest BCUT2D eigenvalue weighted by atomic mass is 10.0. The summed E-state index contributed by atoms with van der Waals surface area (Å²) in [6.07, 6.45) is 2.41. The van der Waals surface area contributed by atoms with Crippen molar-refractivity contribution in [3.05, 3.63) is 84.3 Å². The fourth-order valence-corrected chi connectivity index (χ4v) is 1.97. The molecule has 2 aromatic carbocycles. The first-order chi connectivity index (χ1) is 9.83. The zero-order valence-corrected chi connectivity index (χ0v) is 10.8. The van der Waals surface area contributed by atoms with Gasteiger partial charge in [-0.25, -0.2) is 0 Å². The molecule has 1 aromatic heterocycles. The number of aliphatic hydroxyl groups excluding tert-OH is 1. The maximum absolute atomic E-state index is 10.2. The highest BCUT2D eigenvalue weighted by molar-refractivity contribution is 5.35. The molecular formula is C17H14O3. The fourth-order valence-electron chi connectivity index (χ4n) is 1.97. The molecule has 20 heavy (non-hydrogen) atoms. The quantitative estimate of drug-likeness (QED) is 0.771. The van der Waals surface area contributed by atoms with E-state index in [2.05, 4.69) is 0 Å². The minimum atomic E-state index is -0.681. The Bertz CT molecular complexity index is 642. The van der Waals surface area contributed by atoms with E-state index >= 15 is 0 Å². The van der Waals surface area contributed by atoms with Crippen molar-refractivity contribution in [2.24, 2.45) is 0 Å². The second kappa shape index (κ2) is 5.63.